The first-order chi connectivity index (χ1) is 17.0. The van der Waals surface area contributed by atoms with Crippen molar-refractivity contribution >= 4 is 39.0 Å². The Morgan fingerprint density at radius 2 is 1.63 bits per heavy atom. The van der Waals surface area contributed by atoms with Crippen LogP contribution in [0.3, 0.4) is 0 Å². The summed E-state index contributed by atoms with van der Waals surface area (Å²) >= 11 is 0. The Morgan fingerprint density at radius 1 is 0.857 bits per heavy atom. The lowest BCUT2D eigenvalue weighted by molar-refractivity contribution is 0.370. The number of hydrogen-bond donors (Lipinski definition) is 3. The Bertz CT molecular complexity index is 1560. The average molecular weight is 471 g/mol. The van der Waals surface area contributed by atoms with E-state index in [-0.39, 0.29) is 0 Å². The van der Waals surface area contributed by atoms with E-state index in [1.807, 2.05) is 18.2 Å². The van der Waals surface area contributed by atoms with Gasteiger partial charge in [0.05, 0.1) is 11.0 Å². The van der Waals surface area contributed by atoms with Gasteiger partial charge < -0.3 is 10.2 Å². The van der Waals surface area contributed by atoms with E-state index in [1.165, 1.54) is 23.3 Å². The van der Waals surface area contributed by atoms with Gasteiger partial charge in [-0.1, -0.05) is 18.2 Å². The molecule has 0 fully saturated rings. The Balaban J connectivity index is 1.28. The summed E-state index contributed by atoms with van der Waals surface area (Å²) in [6, 6.07) is 15.8. The van der Waals surface area contributed by atoms with Gasteiger partial charge in [0.1, 0.15) is 11.6 Å². The molecular weight excluding hydrogens is 446 g/mol. The topological polar surface area (TPSA) is 72.6 Å². The van der Waals surface area contributed by atoms with Gasteiger partial charge in [0.25, 0.3) is 0 Å². The maximum atomic E-state index is 13.6. The number of anilines is 2. The highest BCUT2D eigenvalue weighted by Crippen LogP contribution is 2.31. The second-order valence-corrected chi connectivity index (χ2v) is 9.11. The maximum Gasteiger partial charge on any atom is 0.161 e. The average Bonchev–Trinajstić information content (AvgIpc) is 3.43. The lowest BCUT2D eigenvalue weighted by Crippen LogP contribution is -2.23. The van der Waals surface area contributed by atoms with E-state index >= 15 is 0 Å². The molecule has 1 aliphatic rings. The Hall–Kier alpha value is -4.04. The summed E-state index contributed by atoms with van der Waals surface area (Å²) in [5.74, 6) is 0.178. The van der Waals surface area contributed by atoms with Crippen molar-refractivity contribution in [1.82, 2.24) is 25.3 Å². The van der Waals surface area contributed by atoms with Crippen LogP contribution >= 0.6 is 0 Å². The van der Waals surface area contributed by atoms with Crippen LogP contribution < -0.4 is 5.32 Å². The number of aromatic nitrogens is 4. The van der Waals surface area contributed by atoms with Crippen molar-refractivity contribution in [3.8, 4) is 0 Å². The predicted molar refractivity (Wildman–Crippen MR) is 135 cm³/mol. The van der Waals surface area contributed by atoms with Crippen molar-refractivity contribution in [2.24, 2.45) is 0 Å². The molecule has 8 heteroatoms. The van der Waals surface area contributed by atoms with Crippen LogP contribution in [0.25, 0.3) is 27.4 Å². The SMILES string of the molecule is CN1CC=C(c2ccc3c(Nc4n[nH]c5ccc(Cc6cc(F)cc(F)c6)cc45)n[nH]c3c2)CC1. The number of H-pyrrole nitrogens is 2. The molecule has 0 saturated heterocycles. The molecule has 0 aliphatic carbocycles. The summed E-state index contributed by atoms with van der Waals surface area (Å²) in [7, 11) is 2.13. The predicted octanol–water partition coefficient (Wildman–Crippen LogP) is 5.77. The van der Waals surface area contributed by atoms with E-state index in [2.05, 4.69) is 61.9 Å². The monoisotopic (exact) mass is 470 g/mol. The molecule has 3 N–H and O–H groups in total. The van der Waals surface area contributed by atoms with Crippen molar-refractivity contribution in [3.05, 3.63) is 89.0 Å². The molecule has 176 valence electrons. The maximum absolute atomic E-state index is 13.6. The number of hydrogen-bond acceptors (Lipinski definition) is 4. The van der Waals surface area contributed by atoms with E-state index in [4.69, 9.17) is 0 Å². The Labute approximate surface area is 200 Å². The van der Waals surface area contributed by atoms with Crippen LogP contribution in [-0.4, -0.2) is 45.4 Å². The number of benzene rings is 3. The molecule has 2 aromatic heterocycles. The molecule has 0 atom stereocenters. The number of rotatable bonds is 5. The summed E-state index contributed by atoms with van der Waals surface area (Å²) in [5.41, 5.74) is 5.89. The summed E-state index contributed by atoms with van der Waals surface area (Å²) < 4.78 is 27.2. The molecule has 6 rings (SSSR count). The summed E-state index contributed by atoms with van der Waals surface area (Å²) in [6.45, 7) is 2.02. The largest absolute Gasteiger partial charge is 0.321 e. The highest BCUT2D eigenvalue weighted by molar-refractivity contribution is 5.97. The number of aromatic amines is 2. The van der Waals surface area contributed by atoms with Crippen LogP contribution in [0.5, 0.6) is 0 Å². The smallest absolute Gasteiger partial charge is 0.161 e. The van der Waals surface area contributed by atoms with Crippen LogP contribution in [0.15, 0.2) is 60.7 Å². The highest BCUT2D eigenvalue weighted by Gasteiger charge is 2.14. The van der Waals surface area contributed by atoms with Crippen molar-refractivity contribution < 1.29 is 8.78 Å². The third-order valence-corrected chi connectivity index (χ3v) is 6.54. The van der Waals surface area contributed by atoms with Gasteiger partial charge >= 0.3 is 0 Å². The van der Waals surface area contributed by atoms with Gasteiger partial charge in [0.15, 0.2) is 11.6 Å². The van der Waals surface area contributed by atoms with Gasteiger partial charge in [-0.3, -0.25) is 10.2 Å². The first-order valence-electron chi connectivity index (χ1n) is 11.6. The quantitative estimate of drug-likeness (QED) is 0.305. The van der Waals surface area contributed by atoms with Crippen LogP contribution in [0.4, 0.5) is 20.4 Å². The number of likely N-dealkylation sites (N-methyl/N-ethyl adjacent to an activating group) is 1. The van der Waals surface area contributed by atoms with Crippen LogP contribution in [0, 0.1) is 11.6 Å². The zero-order valence-corrected chi connectivity index (χ0v) is 19.2. The lowest BCUT2D eigenvalue weighted by atomic mass is 9.99. The van der Waals surface area contributed by atoms with Crippen LogP contribution in [0.2, 0.25) is 0 Å². The zero-order chi connectivity index (χ0) is 23.9. The van der Waals surface area contributed by atoms with Gasteiger partial charge in [-0.2, -0.15) is 10.2 Å². The summed E-state index contributed by atoms with van der Waals surface area (Å²) in [4.78, 5) is 2.30. The normalized spacial score (nSPS) is 14.5. The van der Waals surface area contributed by atoms with E-state index in [0.29, 0.717) is 23.6 Å². The fourth-order valence-electron chi connectivity index (χ4n) is 4.67. The molecule has 5 aromatic rings. The van der Waals surface area contributed by atoms with Crippen molar-refractivity contribution in [2.75, 3.05) is 25.5 Å². The Kier molecular flexibility index (Phi) is 5.30. The van der Waals surface area contributed by atoms with Crippen LogP contribution in [0.1, 0.15) is 23.1 Å². The van der Waals surface area contributed by atoms with Crippen molar-refractivity contribution in [2.45, 2.75) is 12.8 Å². The van der Waals surface area contributed by atoms with Gasteiger partial charge in [0.2, 0.25) is 0 Å². The van der Waals surface area contributed by atoms with E-state index in [0.717, 1.165) is 52.9 Å². The molecule has 1 aliphatic heterocycles. The van der Waals surface area contributed by atoms with E-state index in [1.54, 1.807) is 0 Å². The van der Waals surface area contributed by atoms with Gasteiger partial charge in [0, 0.05) is 29.9 Å². The zero-order valence-electron chi connectivity index (χ0n) is 19.2. The second kappa shape index (κ2) is 8.63. The first kappa shape index (κ1) is 21.5. The number of fused-ring (bicyclic) bond motifs is 2. The van der Waals surface area contributed by atoms with E-state index < -0.39 is 11.6 Å². The molecule has 0 radical (unpaired) electrons. The molecule has 0 amide bonds. The molecular formula is C27H24F2N6. The van der Waals surface area contributed by atoms with E-state index in [9.17, 15) is 8.78 Å². The van der Waals surface area contributed by atoms with Gasteiger partial charge in [-0.15, -0.1) is 0 Å². The standard InChI is InChI=1S/C27H24F2N6/c1-35-8-6-18(7-9-35)19-3-4-22-25(14-19)32-33-26(22)30-27-23-13-16(2-5-24(23)31-34-27)10-17-11-20(28)15-21(29)12-17/h2-6,11-15H,7-10H2,1H3,(H3,30,31,32,33,34). The summed E-state index contributed by atoms with van der Waals surface area (Å²) in [5, 5.41) is 20.3. The van der Waals surface area contributed by atoms with Crippen molar-refractivity contribution in [3.63, 3.8) is 0 Å². The fourth-order valence-corrected chi connectivity index (χ4v) is 4.67. The number of nitrogens with zero attached hydrogens (tertiary/aromatic N) is 3. The first-order valence-corrected chi connectivity index (χ1v) is 11.6. The molecule has 0 saturated carbocycles. The third kappa shape index (κ3) is 4.28. The third-order valence-electron chi connectivity index (χ3n) is 6.54. The molecule has 3 heterocycles. The minimum absolute atomic E-state index is 0.412. The molecule has 0 spiro atoms. The lowest BCUT2D eigenvalue weighted by Gasteiger charge is -2.22. The van der Waals surface area contributed by atoms with Crippen LogP contribution in [-0.2, 0) is 6.42 Å². The summed E-state index contributed by atoms with van der Waals surface area (Å²) in [6.07, 6.45) is 3.73. The van der Waals surface area contributed by atoms with Gasteiger partial charge in [-0.05, 0) is 78.6 Å². The minimum Gasteiger partial charge on any atom is -0.321 e. The molecule has 0 unspecified atom stereocenters. The van der Waals surface area contributed by atoms with Gasteiger partial charge in [-0.25, -0.2) is 8.78 Å². The number of nitrogens with one attached hydrogen (secondary N) is 3. The highest BCUT2D eigenvalue weighted by atomic mass is 19.1. The molecule has 3 aromatic carbocycles. The van der Waals surface area contributed by atoms with Crippen molar-refractivity contribution in [1.29, 1.82) is 0 Å². The minimum atomic E-state index is -0.576. The molecule has 0 bridgehead atoms. The molecule has 6 nitrogen and oxygen atoms in total. The number of halogens is 2. The molecule has 35 heavy (non-hydrogen) atoms. The Morgan fingerprint density at radius 3 is 2.40 bits per heavy atom. The second-order valence-electron chi connectivity index (χ2n) is 9.11. The fraction of sp³-hybridized carbons (Fsp3) is 0.185.